The molecule has 0 saturated heterocycles. The quantitative estimate of drug-likeness (QED) is 0.582. The van der Waals surface area contributed by atoms with Crippen LogP contribution in [0.2, 0.25) is 0 Å². The molecule has 3 aromatic carbocycles. The predicted octanol–water partition coefficient (Wildman–Crippen LogP) is 5.65. The topological polar surface area (TPSA) is 26.3 Å². The molecule has 0 N–H and O–H groups in total. The van der Waals surface area contributed by atoms with Crippen LogP contribution in [0.1, 0.15) is 40.1 Å². The average Bonchev–Trinajstić information content (AvgIpc) is 2.97. The van der Waals surface area contributed by atoms with Gasteiger partial charge in [-0.1, -0.05) is 72.8 Å². The van der Waals surface area contributed by atoms with Gasteiger partial charge in [0.25, 0.3) is 0 Å². The molecule has 0 radical (unpaired) electrons. The first-order valence-electron chi connectivity index (χ1n) is 8.40. The SMILES string of the molecule is C/C=C/c1cccc(C(=O)OC2c3ccccc3-c3ccccc32)c1. The average molecular weight is 326 g/mol. The summed E-state index contributed by atoms with van der Waals surface area (Å²) in [5.41, 5.74) is 5.92. The molecule has 0 aliphatic heterocycles. The van der Waals surface area contributed by atoms with Crippen molar-refractivity contribution in [2.24, 2.45) is 0 Å². The smallest absolute Gasteiger partial charge is 0.339 e. The van der Waals surface area contributed by atoms with Crippen LogP contribution in [-0.4, -0.2) is 5.97 Å². The highest BCUT2D eigenvalue weighted by Gasteiger charge is 2.31. The summed E-state index contributed by atoms with van der Waals surface area (Å²) in [5.74, 6) is -0.303. The third-order valence-corrected chi connectivity index (χ3v) is 4.48. The van der Waals surface area contributed by atoms with Gasteiger partial charge in [0, 0.05) is 11.1 Å². The fourth-order valence-electron chi connectivity index (χ4n) is 3.37. The number of rotatable bonds is 3. The second-order valence-electron chi connectivity index (χ2n) is 6.09. The summed E-state index contributed by atoms with van der Waals surface area (Å²) >= 11 is 0. The molecule has 1 aliphatic rings. The van der Waals surface area contributed by atoms with E-state index in [-0.39, 0.29) is 12.1 Å². The molecule has 0 atom stereocenters. The first-order chi connectivity index (χ1) is 12.3. The van der Waals surface area contributed by atoms with Crippen LogP contribution in [-0.2, 0) is 4.74 Å². The Kier molecular flexibility index (Phi) is 3.95. The lowest BCUT2D eigenvalue weighted by Gasteiger charge is -2.15. The van der Waals surface area contributed by atoms with E-state index in [1.165, 1.54) is 0 Å². The van der Waals surface area contributed by atoms with Crippen molar-refractivity contribution in [3.63, 3.8) is 0 Å². The highest BCUT2D eigenvalue weighted by Crippen LogP contribution is 2.45. The molecule has 0 fully saturated rings. The number of ether oxygens (including phenoxy) is 1. The van der Waals surface area contributed by atoms with E-state index >= 15 is 0 Å². The monoisotopic (exact) mass is 326 g/mol. The van der Waals surface area contributed by atoms with Gasteiger partial charge < -0.3 is 4.74 Å². The minimum Gasteiger partial charge on any atom is -0.449 e. The van der Waals surface area contributed by atoms with Crippen LogP contribution in [0.4, 0.5) is 0 Å². The molecule has 0 bridgehead atoms. The summed E-state index contributed by atoms with van der Waals surface area (Å²) in [6.45, 7) is 1.96. The molecule has 0 spiro atoms. The molecule has 0 unspecified atom stereocenters. The minimum absolute atomic E-state index is 0.303. The second-order valence-corrected chi connectivity index (χ2v) is 6.09. The van der Waals surface area contributed by atoms with Gasteiger partial charge in [0.1, 0.15) is 0 Å². The van der Waals surface area contributed by atoms with Crippen molar-refractivity contribution in [3.8, 4) is 11.1 Å². The van der Waals surface area contributed by atoms with Crippen molar-refractivity contribution in [2.75, 3.05) is 0 Å². The Balaban J connectivity index is 1.69. The van der Waals surface area contributed by atoms with Crippen LogP contribution >= 0.6 is 0 Å². The zero-order chi connectivity index (χ0) is 17.2. The highest BCUT2D eigenvalue weighted by atomic mass is 16.5. The van der Waals surface area contributed by atoms with Crippen molar-refractivity contribution in [1.29, 1.82) is 0 Å². The number of hydrogen-bond acceptors (Lipinski definition) is 2. The molecule has 3 aromatic rings. The van der Waals surface area contributed by atoms with Crippen molar-refractivity contribution >= 4 is 12.0 Å². The van der Waals surface area contributed by atoms with E-state index in [9.17, 15) is 4.79 Å². The zero-order valence-electron chi connectivity index (χ0n) is 14.0. The number of carbonyl (C=O) groups is 1. The van der Waals surface area contributed by atoms with E-state index in [1.807, 2.05) is 73.7 Å². The van der Waals surface area contributed by atoms with Crippen LogP contribution < -0.4 is 0 Å². The Morgan fingerprint density at radius 3 is 2.16 bits per heavy atom. The fourth-order valence-corrected chi connectivity index (χ4v) is 3.37. The number of esters is 1. The summed E-state index contributed by atoms with van der Waals surface area (Å²) in [6, 6.07) is 23.7. The first kappa shape index (κ1) is 15.4. The molecule has 2 heteroatoms. The maximum Gasteiger partial charge on any atom is 0.339 e. The molecular weight excluding hydrogens is 308 g/mol. The molecule has 122 valence electrons. The summed E-state index contributed by atoms with van der Waals surface area (Å²) in [4.78, 5) is 12.7. The summed E-state index contributed by atoms with van der Waals surface area (Å²) in [7, 11) is 0. The van der Waals surface area contributed by atoms with Crippen molar-refractivity contribution in [3.05, 3.63) is 101 Å². The molecule has 2 nitrogen and oxygen atoms in total. The van der Waals surface area contributed by atoms with Crippen molar-refractivity contribution in [2.45, 2.75) is 13.0 Å². The summed E-state index contributed by atoms with van der Waals surface area (Å²) < 4.78 is 5.92. The Hall–Kier alpha value is -3.13. The first-order valence-corrected chi connectivity index (χ1v) is 8.40. The fraction of sp³-hybridized carbons (Fsp3) is 0.0870. The molecule has 0 aromatic heterocycles. The molecule has 0 heterocycles. The Labute approximate surface area is 147 Å². The molecule has 0 saturated carbocycles. The van der Waals surface area contributed by atoms with Crippen LogP contribution in [0.3, 0.4) is 0 Å². The Morgan fingerprint density at radius 1 is 0.880 bits per heavy atom. The number of hydrogen-bond donors (Lipinski definition) is 0. The Bertz CT molecular complexity index is 924. The van der Waals surface area contributed by atoms with Crippen LogP contribution in [0, 0.1) is 0 Å². The maximum absolute atomic E-state index is 12.7. The van der Waals surface area contributed by atoms with E-state index in [2.05, 4.69) is 12.1 Å². The number of carbonyl (C=O) groups excluding carboxylic acids is 1. The van der Waals surface area contributed by atoms with E-state index in [0.29, 0.717) is 5.56 Å². The van der Waals surface area contributed by atoms with Crippen molar-refractivity contribution in [1.82, 2.24) is 0 Å². The van der Waals surface area contributed by atoms with E-state index in [1.54, 1.807) is 6.07 Å². The molecule has 0 amide bonds. The standard InChI is InChI=1S/C23H18O2/c1-2-8-16-9-7-10-17(15-16)23(24)25-22-20-13-5-3-11-18(20)19-12-4-6-14-21(19)22/h2-15,22H,1H3/b8-2+. The van der Waals surface area contributed by atoms with Gasteiger partial charge in [-0.15, -0.1) is 0 Å². The van der Waals surface area contributed by atoms with Gasteiger partial charge in [-0.2, -0.15) is 0 Å². The van der Waals surface area contributed by atoms with Gasteiger partial charge in [-0.05, 0) is 35.7 Å². The van der Waals surface area contributed by atoms with Gasteiger partial charge in [0.2, 0.25) is 0 Å². The number of benzene rings is 3. The Morgan fingerprint density at radius 2 is 1.52 bits per heavy atom. The lowest BCUT2D eigenvalue weighted by Crippen LogP contribution is -2.11. The lowest BCUT2D eigenvalue weighted by molar-refractivity contribution is 0.0385. The minimum atomic E-state index is -0.356. The van der Waals surface area contributed by atoms with E-state index in [0.717, 1.165) is 27.8 Å². The lowest BCUT2D eigenvalue weighted by atomic mass is 10.1. The van der Waals surface area contributed by atoms with Gasteiger partial charge in [-0.3, -0.25) is 0 Å². The number of fused-ring (bicyclic) bond motifs is 3. The summed E-state index contributed by atoms with van der Waals surface area (Å²) in [6.07, 6.45) is 3.57. The van der Waals surface area contributed by atoms with E-state index in [4.69, 9.17) is 4.74 Å². The van der Waals surface area contributed by atoms with Gasteiger partial charge >= 0.3 is 5.97 Å². The van der Waals surface area contributed by atoms with Crippen molar-refractivity contribution < 1.29 is 9.53 Å². The largest absolute Gasteiger partial charge is 0.449 e. The maximum atomic E-state index is 12.7. The summed E-state index contributed by atoms with van der Waals surface area (Å²) in [5, 5.41) is 0. The molecule has 4 rings (SSSR count). The van der Waals surface area contributed by atoms with E-state index < -0.39 is 0 Å². The normalized spacial score (nSPS) is 12.8. The highest BCUT2D eigenvalue weighted by molar-refractivity contribution is 5.91. The van der Waals surface area contributed by atoms with Gasteiger partial charge in [0.05, 0.1) is 5.56 Å². The zero-order valence-corrected chi connectivity index (χ0v) is 14.0. The van der Waals surface area contributed by atoms with Crippen LogP contribution in [0.5, 0.6) is 0 Å². The number of allylic oxidation sites excluding steroid dienone is 1. The third kappa shape index (κ3) is 2.76. The third-order valence-electron chi connectivity index (χ3n) is 4.48. The molecule has 1 aliphatic carbocycles. The van der Waals surface area contributed by atoms with Gasteiger partial charge in [-0.25, -0.2) is 4.79 Å². The van der Waals surface area contributed by atoms with Crippen LogP contribution in [0.15, 0.2) is 78.9 Å². The predicted molar refractivity (Wildman–Crippen MR) is 100 cm³/mol. The van der Waals surface area contributed by atoms with Gasteiger partial charge in [0.15, 0.2) is 6.10 Å². The molecular formula is C23H18O2. The van der Waals surface area contributed by atoms with Crippen LogP contribution in [0.25, 0.3) is 17.2 Å². The molecule has 25 heavy (non-hydrogen) atoms. The second kappa shape index (κ2) is 6.40.